The highest BCUT2D eigenvalue weighted by Crippen LogP contribution is 2.12. The zero-order valence-electron chi connectivity index (χ0n) is 12.4. The van der Waals surface area contributed by atoms with Crippen LogP contribution < -0.4 is 0 Å². The standard InChI is InChI=1S/C14H26O5/c1-5-9-18-13(15)6-7-14(16)19-12(3)11(2)8-10-17-4/h11-12H,5-10H2,1-4H3. The van der Waals surface area contributed by atoms with Gasteiger partial charge in [-0.15, -0.1) is 0 Å². The van der Waals surface area contributed by atoms with Crippen LogP contribution in [0, 0.1) is 5.92 Å². The van der Waals surface area contributed by atoms with E-state index in [0.717, 1.165) is 12.8 Å². The Morgan fingerprint density at radius 1 is 1.05 bits per heavy atom. The summed E-state index contributed by atoms with van der Waals surface area (Å²) in [6, 6.07) is 0. The number of carbonyl (C=O) groups is 2. The molecular weight excluding hydrogens is 248 g/mol. The van der Waals surface area contributed by atoms with Gasteiger partial charge in [0.2, 0.25) is 0 Å². The van der Waals surface area contributed by atoms with Gasteiger partial charge in [-0.1, -0.05) is 13.8 Å². The van der Waals surface area contributed by atoms with E-state index in [9.17, 15) is 9.59 Å². The minimum atomic E-state index is -0.356. The number of hydrogen-bond acceptors (Lipinski definition) is 5. The summed E-state index contributed by atoms with van der Waals surface area (Å²) in [7, 11) is 1.64. The topological polar surface area (TPSA) is 61.8 Å². The lowest BCUT2D eigenvalue weighted by molar-refractivity contribution is -0.154. The maximum Gasteiger partial charge on any atom is 0.306 e. The molecule has 0 amide bonds. The summed E-state index contributed by atoms with van der Waals surface area (Å²) in [6.07, 6.45) is 1.60. The van der Waals surface area contributed by atoms with Gasteiger partial charge in [0.1, 0.15) is 6.10 Å². The highest BCUT2D eigenvalue weighted by atomic mass is 16.5. The Morgan fingerprint density at radius 3 is 2.26 bits per heavy atom. The Balaban J connectivity index is 3.81. The summed E-state index contributed by atoms with van der Waals surface area (Å²) in [5.74, 6) is -0.472. The lowest BCUT2D eigenvalue weighted by Gasteiger charge is -2.20. The largest absolute Gasteiger partial charge is 0.466 e. The summed E-state index contributed by atoms with van der Waals surface area (Å²) in [5.41, 5.74) is 0. The van der Waals surface area contributed by atoms with Crippen LogP contribution in [-0.2, 0) is 23.8 Å². The normalized spacial score (nSPS) is 13.7. The van der Waals surface area contributed by atoms with E-state index in [0.29, 0.717) is 13.2 Å². The maximum atomic E-state index is 11.5. The average Bonchev–Trinajstić information content (AvgIpc) is 2.39. The molecule has 0 aromatic carbocycles. The second-order valence-corrected chi connectivity index (χ2v) is 4.67. The van der Waals surface area contributed by atoms with Gasteiger partial charge in [-0.05, 0) is 25.7 Å². The quantitative estimate of drug-likeness (QED) is 0.572. The Labute approximate surface area is 115 Å². The Hall–Kier alpha value is -1.10. The molecule has 112 valence electrons. The van der Waals surface area contributed by atoms with Gasteiger partial charge >= 0.3 is 11.9 Å². The van der Waals surface area contributed by atoms with Gasteiger partial charge in [0.05, 0.1) is 19.4 Å². The summed E-state index contributed by atoms with van der Waals surface area (Å²) >= 11 is 0. The van der Waals surface area contributed by atoms with Crippen molar-refractivity contribution in [3.63, 3.8) is 0 Å². The molecule has 0 saturated carbocycles. The van der Waals surface area contributed by atoms with Crippen molar-refractivity contribution in [3.8, 4) is 0 Å². The third-order valence-corrected chi connectivity index (χ3v) is 2.90. The first-order valence-electron chi connectivity index (χ1n) is 6.85. The van der Waals surface area contributed by atoms with E-state index in [-0.39, 0.29) is 36.8 Å². The molecular formula is C14H26O5. The van der Waals surface area contributed by atoms with Gasteiger partial charge < -0.3 is 14.2 Å². The van der Waals surface area contributed by atoms with Crippen LogP contribution in [0.4, 0.5) is 0 Å². The van der Waals surface area contributed by atoms with Crippen molar-refractivity contribution in [1.82, 2.24) is 0 Å². The van der Waals surface area contributed by atoms with E-state index < -0.39 is 0 Å². The molecule has 5 nitrogen and oxygen atoms in total. The van der Waals surface area contributed by atoms with Crippen molar-refractivity contribution in [2.24, 2.45) is 5.92 Å². The maximum absolute atomic E-state index is 11.5. The smallest absolute Gasteiger partial charge is 0.306 e. The fourth-order valence-corrected chi connectivity index (χ4v) is 1.41. The number of esters is 2. The lowest BCUT2D eigenvalue weighted by Crippen LogP contribution is -2.23. The Morgan fingerprint density at radius 2 is 1.68 bits per heavy atom. The van der Waals surface area contributed by atoms with E-state index in [2.05, 4.69) is 0 Å². The van der Waals surface area contributed by atoms with Crippen LogP contribution in [0.2, 0.25) is 0 Å². The van der Waals surface area contributed by atoms with Crippen LogP contribution in [0.15, 0.2) is 0 Å². The highest BCUT2D eigenvalue weighted by Gasteiger charge is 2.17. The summed E-state index contributed by atoms with van der Waals surface area (Å²) in [5, 5.41) is 0. The minimum Gasteiger partial charge on any atom is -0.466 e. The van der Waals surface area contributed by atoms with Gasteiger partial charge in [-0.25, -0.2) is 0 Å². The van der Waals surface area contributed by atoms with Crippen LogP contribution in [0.3, 0.4) is 0 Å². The molecule has 0 aromatic rings. The number of ether oxygens (including phenoxy) is 3. The van der Waals surface area contributed by atoms with Crippen molar-refractivity contribution in [3.05, 3.63) is 0 Å². The predicted octanol–water partition coefficient (Wildman–Crippen LogP) is 2.32. The summed E-state index contributed by atoms with van der Waals surface area (Å²) < 4.78 is 15.1. The molecule has 0 bridgehead atoms. The SMILES string of the molecule is CCCOC(=O)CCC(=O)OC(C)C(C)CCOC. The van der Waals surface area contributed by atoms with Gasteiger partial charge in [0.15, 0.2) is 0 Å². The fourth-order valence-electron chi connectivity index (χ4n) is 1.41. The Bertz CT molecular complexity index is 265. The molecule has 0 fully saturated rings. The molecule has 0 heterocycles. The molecule has 5 heteroatoms. The van der Waals surface area contributed by atoms with Crippen LogP contribution in [0.25, 0.3) is 0 Å². The monoisotopic (exact) mass is 274 g/mol. The predicted molar refractivity (Wildman–Crippen MR) is 71.7 cm³/mol. The summed E-state index contributed by atoms with van der Waals surface area (Å²) in [6.45, 7) is 6.83. The van der Waals surface area contributed by atoms with E-state index in [4.69, 9.17) is 14.2 Å². The first kappa shape index (κ1) is 17.9. The molecule has 2 atom stereocenters. The molecule has 0 aliphatic carbocycles. The number of carbonyl (C=O) groups excluding carboxylic acids is 2. The molecule has 0 rings (SSSR count). The molecule has 0 spiro atoms. The molecule has 2 unspecified atom stereocenters. The van der Waals surface area contributed by atoms with Crippen LogP contribution in [0.1, 0.15) is 46.5 Å². The van der Waals surface area contributed by atoms with Crippen molar-refractivity contribution in [1.29, 1.82) is 0 Å². The van der Waals surface area contributed by atoms with E-state index in [1.807, 2.05) is 20.8 Å². The van der Waals surface area contributed by atoms with E-state index in [1.54, 1.807) is 7.11 Å². The second kappa shape index (κ2) is 10.8. The minimum absolute atomic E-state index is 0.0733. The van der Waals surface area contributed by atoms with E-state index >= 15 is 0 Å². The fraction of sp³-hybridized carbons (Fsp3) is 0.857. The van der Waals surface area contributed by atoms with Crippen molar-refractivity contribution >= 4 is 11.9 Å². The average molecular weight is 274 g/mol. The van der Waals surface area contributed by atoms with Gasteiger partial charge in [-0.3, -0.25) is 9.59 Å². The Kier molecular flexibility index (Phi) is 10.2. The number of rotatable bonds is 10. The zero-order chi connectivity index (χ0) is 14.7. The number of hydrogen-bond donors (Lipinski definition) is 0. The molecule has 0 saturated heterocycles. The first-order chi connectivity index (χ1) is 9.01. The van der Waals surface area contributed by atoms with Crippen LogP contribution in [-0.4, -0.2) is 38.4 Å². The molecule has 19 heavy (non-hydrogen) atoms. The third-order valence-electron chi connectivity index (χ3n) is 2.90. The van der Waals surface area contributed by atoms with Crippen molar-refractivity contribution < 1.29 is 23.8 Å². The van der Waals surface area contributed by atoms with Crippen LogP contribution in [0.5, 0.6) is 0 Å². The highest BCUT2D eigenvalue weighted by molar-refractivity contribution is 5.77. The zero-order valence-corrected chi connectivity index (χ0v) is 12.4. The van der Waals surface area contributed by atoms with Crippen LogP contribution >= 0.6 is 0 Å². The molecule has 0 N–H and O–H groups in total. The molecule has 0 aromatic heterocycles. The third kappa shape index (κ3) is 9.47. The second-order valence-electron chi connectivity index (χ2n) is 4.67. The van der Waals surface area contributed by atoms with Gasteiger partial charge in [0, 0.05) is 13.7 Å². The lowest BCUT2D eigenvalue weighted by atomic mass is 10.0. The van der Waals surface area contributed by atoms with Gasteiger partial charge in [0.25, 0.3) is 0 Å². The van der Waals surface area contributed by atoms with E-state index in [1.165, 1.54) is 0 Å². The first-order valence-corrected chi connectivity index (χ1v) is 6.85. The molecule has 0 aliphatic heterocycles. The summed E-state index contributed by atoms with van der Waals surface area (Å²) in [4.78, 5) is 22.8. The molecule has 0 aliphatic rings. The van der Waals surface area contributed by atoms with Crippen molar-refractivity contribution in [2.45, 2.75) is 52.6 Å². The number of methoxy groups -OCH3 is 1. The molecule has 0 radical (unpaired) electrons. The van der Waals surface area contributed by atoms with Crippen molar-refractivity contribution in [2.75, 3.05) is 20.3 Å². The van der Waals surface area contributed by atoms with Gasteiger partial charge in [-0.2, -0.15) is 0 Å².